The summed E-state index contributed by atoms with van der Waals surface area (Å²) in [6.07, 6.45) is 5.55. The summed E-state index contributed by atoms with van der Waals surface area (Å²) in [5.41, 5.74) is 10.6. The topological polar surface area (TPSA) is 43.9 Å². The van der Waals surface area contributed by atoms with Crippen LogP contribution in [0.1, 0.15) is 89.4 Å². The van der Waals surface area contributed by atoms with Crippen molar-refractivity contribution >= 4 is 22.0 Å². The van der Waals surface area contributed by atoms with E-state index < -0.39 is 13.7 Å². The molecular formula is C44H45IrN3O-2. The average Bonchev–Trinajstić information content (AvgIpc) is 3.71. The molecule has 0 fully saturated rings. The molecule has 5 heteroatoms. The molecule has 0 aliphatic carbocycles. The molecule has 7 rings (SSSR count). The normalized spacial score (nSPS) is 13.7. The maximum Gasteiger partial charge on any atom is 0.0774 e. The Bertz CT molecular complexity index is 2290. The molecule has 1 radical (unpaired) electrons. The molecule has 49 heavy (non-hydrogen) atoms. The number of fused-ring (bicyclic) bond motifs is 2. The maximum absolute atomic E-state index is 7.28. The van der Waals surface area contributed by atoms with Crippen LogP contribution in [0.3, 0.4) is 0 Å². The summed E-state index contributed by atoms with van der Waals surface area (Å²) in [6, 6.07) is 32.1. The number of aromatic nitrogens is 3. The number of pyridine rings is 1. The van der Waals surface area contributed by atoms with E-state index in [2.05, 4.69) is 124 Å². The van der Waals surface area contributed by atoms with Gasteiger partial charge in [-0.2, -0.15) is 0 Å². The van der Waals surface area contributed by atoms with Crippen LogP contribution < -0.4 is 0 Å². The molecule has 0 aliphatic rings. The molecule has 253 valence electrons. The van der Waals surface area contributed by atoms with Gasteiger partial charge >= 0.3 is 0 Å². The molecule has 4 aromatic carbocycles. The zero-order valence-corrected chi connectivity index (χ0v) is 31.2. The Balaban J connectivity index is 0.000000237. The van der Waals surface area contributed by atoms with Gasteiger partial charge in [-0.1, -0.05) is 120 Å². The van der Waals surface area contributed by atoms with Gasteiger partial charge in [-0.25, -0.2) is 0 Å². The monoisotopic (exact) mass is 830 g/mol. The van der Waals surface area contributed by atoms with Crippen LogP contribution in [-0.4, -0.2) is 14.5 Å². The van der Waals surface area contributed by atoms with E-state index in [4.69, 9.17) is 17.6 Å². The summed E-state index contributed by atoms with van der Waals surface area (Å²) in [4.78, 5) is 9.20. The number of imidazole rings is 1. The van der Waals surface area contributed by atoms with E-state index in [1.807, 2.05) is 0 Å². The van der Waals surface area contributed by atoms with Crippen LogP contribution in [0.15, 0.2) is 102 Å². The molecule has 4 nitrogen and oxygen atoms in total. The van der Waals surface area contributed by atoms with Crippen molar-refractivity contribution < 1.29 is 32.7 Å². The maximum atomic E-state index is 7.28. The smallest absolute Gasteiger partial charge is 0.0774 e. The third-order valence-electron chi connectivity index (χ3n) is 8.42. The minimum absolute atomic E-state index is 0. The number of aryl methyl sites for hydroxylation is 2. The molecule has 3 aromatic heterocycles. The molecule has 7 aromatic rings. The number of para-hydroxylation sites is 3. The zero-order chi connectivity index (χ0) is 38.9. The second kappa shape index (κ2) is 15.5. The fourth-order valence-electron chi connectivity index (χ4n) is 6.11. The van der Waals surface area contributed by atoms with Crippen molar-refractivity contribution in [3.8, 4) is 28.3 Å². The summed E-state index contributed by atoms with van der Waals surface area (Å²) in [5, 5.41) is 1.05. The first-order valence-electron chi connectivity index (χ1n) is 19.6. The predicted octanol–water partition coefficient (Wildman–Crippen LogP) is 11.8. The molecule has 0 N–H and O–H groups in total. The van der Waals surface area contributed by atoms with Gasteiger partial charge in [-0.3, -0.25) is 4.98 Å². The van der Waals surface area contributed by atoms with Crippen molar-refractivity contribution in [1.29, 1.82) is 0 Å². The van der Waals surface area contributed by atoms with Crippen LogP contribution in [0, 0.1) is 32.0 Å². The van der Waals surface area contributed by atoms with Crippen molar-refractivity contribution in [2.24, 2.45) is 5.92 Å². The fraction of sp³-hybridized carbons (Fsp3) is 0.273. The van der Waals surface area contributed by atoms with Crippen LogP contribution in [-0.2, 0) is 26.5 Å². The van der Waals surface area contributed by atoms with Gasteiger partial charge in [0.2, 0.25) is 0 Å². The Morgan fingerprint density at radius 3 is 2.18 bits per heavy atom. The first kappa shape index (κ1) is 28.5. The Kier molecular flexibility index (Phi) is 9.02. The molecule has 0 saturated heterocycles. The number of hydrogen-bond donors (Lipinski definition) is 0. The van der Waals surface area contributed by atoms with Gasteiger partial charge in [0.05, 0.1) is 16.9 Å². The summed E-state index contributed by atoms with van der Waals surface area (Å²) in [5.74, 6) is 2.24. The van der Waals surface area contributed by atoms with E-state index in [0.717, 1.165) is 39.8 Å². The number of nitrogens with zero attached hydrogens (tertiary/aromatic N) is 3. The number of furan rings is 1. The van der Waals surface area contributed by atoms with Gasteiger partial charge in [-0.05, 0) is 65.5 Å². The molecule has 0 saturated carbocycles. The third-order valence-corrected chi connectivity index (χ3v) is 8.42. The predicted molar refractivity (Wildman–Crippen MR) is 200 cm³/mol. The van der Waals surface area contributed by atoms with Crippen molar-refractivity contribution in [1.82, 2.24) is 14.5 Å². The van der Waals surface area contributed by atoms with Crippen LogP contribution in [0.25, 0.3) is 50.3 Å². The van der Waals surface area contributed by atoms with Crippen LogP contribution in [0.2, 0.25) is 0 Å². The van der Waals surface area contributed by atoms with Crippen molar-refractivity contribution in [3.63, 3.8) is 0 Å². The van der Waals surface area contributed by atoms with E-state index in [1.165, 1.54) is 46.8 Å². The van der Waals surface area contributed by atoms with Crippen LogP contribution in [0.5, 0.6) is 0 Å². The molecule has 0 atom stereocenters. The standard InChI is InChI=1S/C31H33N2O.C13H12N.Ir/c1-19(2)16-22-14-15-25-26(18-34-29(25)17-22)31-32-27-12-7-8-13-28(27)33(31)30-23(20(3)4)10-9-11-24(30)21(5)6;1-10-3-6-12(7-4-10)13-8-5-11(2)9-14-13;/h7-15,17,19-21H,16H2,1-6H3;3-6,8-9H,1-2H3;/q2*-1;/i;1D3,2D3;. The largest absolute Gasteiger partial charge is 0.557 e. The Labute approximate surface area is 313 Å². The van der Waals surface area contributed by atoms with Gasteiger partial charge in [-0.15, -0.1) is 41.5 Å². The minimum atomic E-state index is -2.18. The number of benzene rings is 4. The van der Waals surface area contributed by atoms with Gasteiger partial charge in [0, 0.05) is 52.1 Å². The summed E-state index contributed by atoms with van der Waals surface area (Å²) < 4.78 is 52.0. The van der Waals surface area contributed by atoms with Gasteiger partial charge < -0.3 is 14.0 Å². The third kappa shape index (κ3) is 7.80. The Morgan fingerprint density at radius 2 is 1.55 bits per heavy atom. The van der Waals surface area contributed by atoms with E-state index in [9.17, 15) is 0 Å². The molecule has 0 amide bonds. The molecule has 0 spiro atoms. The van der Waals surface area contributed by atoms with Crippen LogP contribution >= 0.6 is 0 Å². The Hall–Kier alpha value is -4.31. The SMILES string of the molecule is CC(C)Cc1ccc2c(-c3nc4ccccc4n3-c3c(C(C)C)cccc3C(C)C)[c-]oc2c1.[2H]C([2H])([2H])c1c[c-]c(-c2ccc(C([2H])([2H])[2H])cn2)cc1.[Ir]. The first-order valence-corrected chi connectivity index (χ1v) is 16.6. The molecule has 3 heterocycles. The van der Waals surface area contributed by atoms with E-state index in [0.29, 0.717) is 29.0 Å². The summed E-state index contributed by atoms with van der Waals surface area (Å²) >= 11 is 0. The molecular weight excluding hydrogens is 779 g/mol. The van der Waals surface area contributed by atoms with Gasteiger partial charge in [0.15, 0.2) is 0 Å². The van der Waals surface area contributed by atoms with Crippen molar-refractivity contribution in [3.05, 3.63) is 137 Å². The molecule has 0 unspecified atom stereocenters. The van der Waals surface area contributed by atoms with Gasteiger partial charge in [0.1, 0.15) is 0 Å². The summed E-state index contributed by atoms with van der Waals surface area (Å²) in [6.45, 7) is 9.19. The van der Waals surface area contributed by atoms with Gasteiger partial charge in [0.25, 0.3) is 0 Å². The fourth-order valence-corrected chi connectivity index (χ4v) is 6.11. The molecule has 0 aliphatic heterocycles. The first-order chi connectivity index (χ1) is 25.5. The number of hydrogen-bond acceptors (Lipinski definition) is 3. The number of rotatable bonds is 7. The summed E-state index contributed by atoms with van der Waals surface area (Å²) in [7, 11) is 0. The second-order valence-corrected chi connectivity index (χ2v) is 13.3. The van der Waals surface area contributed by atoms with E-state index in [1.54, 1.807) is 12.1 Å². The minimum Gasteiger partial charge on any atom is -0.557 e. The zero-order valence-electron chi connectivity index (χ0n) is 34.8. The van der Waals surface area contributed by atoms with Crippen molar-refractivity contribution in [2.75, 3.05) is 0 Å². The Morgan fingerprint density at radius 1 is 0.816 bits per heavy atom. The van der Waals surface area contributed by atoms with Crippen molar-refractivity contribution in [2.45, 2.75) is 73.5 Å². The van der Waals surface area contributed by atoms with Crippen LogP contribution in [0.4, 0.5) is 0 Å². The van der Waals surface area contributed by atoms with E-state index in [-0.39, 0.29) is 31.2 Å². The molecule has 0 bridgehead atoms. The second-order valence-electron chi connectivity index (χ2n) is 13.3. The van der Waals surface area contributed by atoms with E-state index >= 15 is 0 Å². The quantitative estimate of drug-likeness (QED) is 0.150. The average molecular weight is 830 g/mol.